The van der Waals surface area contributed by atoms with Crippen molar-refractivity contribution in [2.75, 3.05) is 27.9 Å². The zero-order valence-corrected chi connectivity index (χ0v) is 16.4. The molecule has 0 spiro atoms. The molecule has 8 nitrogen and oxygen atoms in total. The summed E-state index contributed by atoms with van der Waals surface area (Å²) < 4.78 is 25.2. The van der Waals surface area contributed by atoms with Gasteiger partial charge in [0.25, 0.3) is 0 Å². The van der Waals surface area contributed by atoms with Crippen LogP contribution in [0, 0.1) is 0 Å². The highest BCUT2D eigenvalue weighted by molar-refractivity contribution is 5.78. The third kappa shape index (κ3) is 4.37. The summed E-state index contributed by atoms with van der Waals surface area (Å²) in [6.45, 7) is 0.163. The summed E-state index contributed by atoms with van der Waals surface area (Å²) in [4.78, 5) is 23.3. The van der Waals surface area contributed by atoms with Crippen LogP contribution in [0.15, 0.2) is 30.3 Å². The van der Waals surface area contributed by atoms with E-state index in [0.717, 1.165) is 16.7 Å². The Labute approximate surface area is 167 Å². The number of phenols is 1. The molecule has 1 unspecified atom stereocenters. The highest BCUT2D eigenvalue weighted by Gasteiger charge is 2.30. The van der Waals surface area contributed by atoms with Crippen LogP contribution in [0.5, 0.6) is 23.0 Å². The van der Waals surface area contributed by atoms with Crippen LogP contribution in [0.3, 0.4) is 0 Å². The lowest BCUT2D eigenvalue weighted by Gasteiger charge is -2.26. The van der Waals surface area contributed by atoms with E-state index in [2.05, 4.69) is 4.74 Å². The van der Waals surface area contributed by atoms with E-state index < -0.39 is 6.16 Å². The van der Waals surface area contributed by atoms with Gasteiger partial charge in [0.1, 0.15) is 5.75 Å². The van der Waals surface area contributed by atoms with Gasteiger partial charge >= 0.3 is 12.1 Å². The Bertz CT molecular complexity index is 896. The van der Waals surface area contributed by atoms with Crippen LogP contribution in [0.25, 0.3) is 0 Å². The predicted octanol–water partition coefficient (Wildman–Crippen LogP) is 3.18. The largest absolute Gasteiger partial charge is 0.507 e. The van der Waals surface area contributed by atoms with E-state index in [4.69, 9.17) is 18.9 Å². The highest BCUT2D eigenvalue weighted by Crippen LogP contribution is 2.44. The lowest BCUT2D eigenvalue weighted by atomic mass is 9.85. The average molecular weight is 402 g/mol. The monoisotopic (exact) mass is 402 g/mol. The van der Waals surface area contributed by atoms with Crippen molar-refractivity contribution >= 4 is 12.1 Å². The van der Waals surface area contributed by atoms with Crippen LogP contribution < -0.4 is 14.2 Å². The first-order chi connectivity index (χ1) is 14.0. The third-order valence-corrected chi connectivity index (χ3v) is 4.73. The maximum atomic E-state index is 12.1. The molecule has 0 aliphatic carbocycles. The lowest BCUT2D eigenvalue weighted by Crippen LogP contribution is -2.21. The summed E-state index contributed by atoms with van der Waals surface area (Å²) in [5.41, 5.74) is 2.47. The van der Waals surface area contributed by atoms with Gasteiger partial charge in [-0.05, 0) is 29.3 Å². The van der Waals surface area contributed by atoms with Gasteiger partial charge < -0.3 is 28.8 Å². The topological polar surface area (TPSA) is 101 Å². The first kappa shape index (κ1) is 20.3. The standard InChI is InChI=1S/C21H22O8/c1-25-17-9-13(10-18(26-2)20(17)23)14-11-19(22)29-16-5-4-12(8-15(14)16)6-7-28-21(24)27-3/h4-5,8-10,14,23H,6-7,11H2,1-3H3. The Morgan fingerprint density at radius 1 is 1.14 bits per heavy atom. The minimum absolute atomic E-state index is 0.105. The number of fused-ring (bicyclic) bond motifs is 1. The average Bonchev–Trinajstić information content (AvgIpc) is 2.73. The molecule has 3 rings (SSSR count). The van der Waals surface area contributed by atoms with Crippen LogP contribution in [0.4, 0.5) is 4.79 Å². The molecule has 1 heterocycles. The molecule has 0 saturated heterocycles. The molecule has 29 heavy (non-hydrogen) atoms. The van der Waals surface area contributed by atoms with Gasteiger partial charge in [-0.15, -0.1) is 0 Å². The summed E-state index contributed by atoms with van der Waals surface area (Å²) in [5, 5.41) is 10.2. The predicted molar refractivity (Wildman–Crippen MR) is 102 cm³/mol. The van der Waals surface area contributed by atoms with Gasteiger partial charge in [0, 0.05) is 17.9 Å². The second kappa shape index (κ2) is 8.72. The van der Waals surface area contributed by atoms with Gasteiger partial charge in [0.05, 0.1) is 34.4 Å². The van der Waals surface area contributed by atoms with Crippen molar-refractivity contribution in [2.45, 2.75) is 18.8 Å². The molecule has 1 atom stereocenters. The van der Waals surface area contributed by atoms with Gasteiger partial charge in [-0.1, -0.05) is 12.1 Å². The molecule has 0 saturated carbocycles. The molecule has 0 radical (unpaired) electrons. The fourth-order valence-electron chi connectivity index (χ4n) is 3.28. The van der Waals surface area contributed by atoms with Crippen LogP contribution in [-0.4, -0.2) is 45.2 Å². The summed E-state index contributed by atoms with van der Waals surface area (Å²) in [7, 11) is 4.14. The Hall–Kier alpha value is -3.42. The number of methoxy groups -OCH3 is 3. The number of rotatable bonds is 6. The van der Waals surface area contributed by atoms with Crippen molar-refractivity contribution in [2.24, 2.45) is 0 Å². The molecule has 2 aromatic rings. The van der Waals surface area contributed by atoms with Crippen molar-refractivity contribution in [3.63, 3.8) is 0 Å². The van der Waals surface area contributed by atoms with E-state index >= 15 is 0 Å². The molecule has 0 fully saturated rings. The van der Waals surface area contributed by atoms with Crippen molar-refractivity contribution in [1.82, 2.24) is 0 Å². The van der Waals surface area contributed by atoms with E-state index in [1.165, 1.54) is 21.3 Å². The van der Waals surface area contributed by atoms with Gasteiger partial charge in [0.2, 0.25) is 5.75 Å². The van der Waals surface area contributed by atoms with Crippen molar-refractivity contribution in [1.29, 1.82) is 0 Å². The Kier molecular flexibility index (Phi) is 6.11. The summed E-state index contributed by atoms with van der Waals surface area (Å²) in [6.07, 6.45) is -0.129. The molecule has 0 aromatic heterocycles. The maximum absolute atomic E-state index is 12.1. The van der Waals surface area contributed by atoms with Gasteiger partial charge in [-0.2, -0.15) is 0 Å². The summed E-state index contributed by atoms with van der Waals surface area (Å²) >= 11 is 0. The maximum Gasteiger partial charge on any atom is 0.507 e. The van der Waals surface area contributed by atoms with E-state index in [1.54, 1.807) is 18.2 Å². The summed E-state index contributed by atoms with van der Waals surface area (Å²) in [5.74, 6) is 0.206. The Morgan fingerprint density at radius 2 is 1.83 bits per heavy atom. The number of carbonyl (C=O) groups is 2. The van der Waals surface area contributed by atoms with Crippen LogP contribution in [0.2, 0.25) is 0 Å². The highest BCUT2D eigenvalue weighted by atomic mass is 16.7. The lowest BCUT2D eigenvalue weighted by molar-refractivity contribution is -0.135. The SMILES string of the molecule is COC(=O)OCCc1ccc2c(c1)C(c1cc(OC)c(O)c(OC)c1)CC(=O)O2. The first-order valence-corrected chi connectivity index (χ1v) is 8.96. The van der Waals surface area contributed by atoms with E-state index in [1.807, 2.05) is 12.1 Å². The molecular formula is C21H22O8. The first-order valence-electron chi connectivity index (χ1n) is 8.96. The molecule has 1 aliphatic heterocycles. The number of carbonyl (C=O) groups excluding carboxylic acids is 2. The van der Waals surface area contributed by atoms with Crippen molar-refractivity contribution < 1.29 is 38.4 Å². The zero-order valence-electron chi connectivity index (χ0n) is 16.4. The van der Waals surface area contributed by atoms with Crippen LogP contribution in [-0.2, 0) is 20.7 Å². The molecule has 0 amide bonds. The number of benzene rings is 2. The molecular weight excluding hydrogens is 380 g/mol. The van der Waals surface area contributed by atoms with Gasteiger partial charge in [-0.25, -0.2) is 4.79 Å². The quantitative estimate of drug-likeness (QED) is 0.581. The Morgan fingerprint density at radius 3 is 2.45 bits per heavy atom. The summed E-state index contributed by atoms with van der Waals surface area (Å²) in [6, 6.07) is 8.81. The number of aromatic hydroxyl groups is 1. The zero-order chi connectivity index (χ0) is 21.0. The molecule has 1 aliphatic rings. The fraction of sp³-hybridized carbons (Fsp3) is 0.333. The second-order valence-corrected chi connectivity index (χ2v) is 6.43. The fourth-order valence-corrected chi connectivity index (χ4v) is 3.28. The van der Waals surface area contributed by atoms with E-state index in [-0.39, 0.29) is 42.2 Å². The number of phenolic OH excluding ortho intramolecular Hbond substituents is 1. The third-order valence-electron chi connectivity index (χ3n) is 4.73. The minimum Gasteiger partial charge on any atom is -0.502 e. The smallest absolute Gasteiger partial charge is 0.502 e. The number of esters is 1. The number of ether oxygens (including phenoxy) is 5. The van der Waals surface area contributed by atoms with Gasteiger partial charge in [0.15, 0.2) is 11.5 Å². The van der Waals surface area contributed by atoms with Crippen LogP contribution in [0.1, 0.15) is 29.0 Å². The van der Waals surface area contributed by atoms with Gasteiger partial charge in [-0.3, -0.25) is 4.79 Å². The molecule has 2 aromatic carbocycles. The van der Waals surface area contributed by atoms with E-state index in [0.29, 0.717) is 12.2 Å². The van der Waals surface area contributed by atoms with E-state index in [9.17, 15) is 14.7 Å². The molecule has 8 heteroatoms. The van der Waals surface area contributed by atoms with Crippen LogP contribution >= 0.6 is 0 Å². The molecule has 154 valence electrons. The number of hydrogen-bond acceptors (Lipinski definition) is 8. The normalized spacial score (nSPS) is 15.1. The minimum atomic E-state index is -0.738. The molecule has 1 N–H and O–H groups in total. The van der Waals surface area contributed by atoms with Crippen molar-refractivity contribution in [3.05, 3.63) is 47.0 Å². The van der Waals surface area contributed by atoms with Crippen molar-refractivity contribution in [3.8, 4) is 23.0 Å². The number of hydrogen-bond donors (Lipinski definition) is 1. The molecule has 0 bridgehead atoms. The second-order valence-electron chi connectivity index (χ2n) is 6.43. The Balaban J connectivity index is 1.95.